The first kappa shape index (κ1) is 19.7. The van der Waals surface area contributed by atoms with Crippen LogP contribution in [0.25, 0.3) is 0 Å². The highest BCUT2D eigenvalue weighted by molar-refractivity contribution is 5.97. The van der Waals surface area contributed by atoms with Gasteiger partial charge < -0.3 is 20.7 Å². The van der Waals surface area contributed by atoms with E-state index in [4.69, 9.17) is 10.5 Å². The Bertz CT molecular complexity index is 605. The van der Waals surface area contributed by atoms with Gasteiger partial charge in [-0.05, 0) is 43.5 Å². The number of morpholine rings is 1. The summed E-state index contributed by atoms with van der Waals surface area (Å²) in [5.41, 5.74) is 7.02. The largest absolute Gasteiger partial charge is 0.378 e. The molecule has 6 nitrogen and oxygen atoms in total. The zero-order chi connectivity index (χ0) is 16.9. The SMILES string of the molecule is Cl.NC[C@H]1CCC[C@H]1C(=O)Nc1cccc(C(=O)N2CCOCC2)c1. The van der Waals surface area contributed by atoms with Crippen molar-refractivity contribution in [1.29, 1.82) is 0 Å². The number of benzene rings is 1. The number of nitrogens with one attached hydrogen (secondary N) is 1. The molecule has 1 saturated heterocycles. The molecule has 1 aliphatic heterocycles. The number of hydrogen-bond donors (Lipinski definition) is 2. The highest BCUT2D eigenvalue weighted by Gasteiger charge is 2.32. The van der Waals surface area contributed by atoms with E-state index < -0.39 is 0 Å². The van der Waals surface area contributed by atoms with Gasteiger partial charge in [-0.25, -0.2) is 0 Å². The minimum absolute atomic E-state index is 0. The molecular weight excluding hydrogens is 342 g/mol. The van der Waals surface area contributed by atoms with Crippen molar-refractivity contribution in [3.8, 4) is 0 Å². The van der Waals surface area contributed by atoms with Gasteiger partial charge >= 0.3 is 0 Å². The molecule has 2 atom stereocenters. The molecule has 1 aromatic rings. The molecule has 0 unspecified atom stereocenters. The van der Waals surface area contributed by atoms with Crippen LogP contribution in [0.15, 0.2) is 24.3 Å². The van der Waals surface area contributed by atoms with Crippen LogP contribution in [-0.4, -0.2) is 49.6 Å². The molecule has 1 aliphatic carbocycles. The van der Waals surface area contributed by atoms with Gasteiger partial charge in [0.1, 0.15) is 0 Å². The third-order valence-electron chi connectivity index (χ3n) is 4.97. The molecule has 2 fully saturated rings. The molecule has 138 valence electrons. The van der Waals surface area contributed by atoms with Gasteiger partial charge in [-0.1, -0.05) is 12.5 Å². The molecular formula is C18H26ClN3O3. The molecule has 2 amide bonds. The first-order chi connectivity index (χ1) is 11.7. The molecule has 3 N–H and O–H groups in total. The molecule has 25 heavy (non-hydrogen) atoms. The normalized spacial score (nSPS) is 23.0. The summed E-state index contributed by atoms with van der Waals surface area (Å²) in [6.45, 7) is 2.91. The Morgan fingerprint density at radius 3 is 2.72 bits per heavy atom. The van der Waals surface area contributed by atoms with Crippen molar-refractivity contribution in [2.24, 2.45) is 17.6 Å². The number of nitrogens with two attached hydrogens (primary N) is 1. The quantitative estimate of drug-likeness (QED) is 0.851. The van der Waals surface area contributed by atoms with Crippen LogP contribution < -0.4 is 11.1 Å². The van der Waals surface area contributed by atoms with Crippen molar-refractivity contribution in [1.82, 2.24) is 4.90 Å². The van der Waals surface area contributed by atoms with E-state index in [9.17, 15) is 9.59 Å². The van der Waals surface area contributed by atoms with Crippen LogP contribution in [0, 0.1) is 11.8 Å². The first-order valence-corrected chi connectivity index (χ1v) is 8.67. The average molecular weight is 368 g/mol. The number of rotatable bonds is 4. The second kappa shape index (κ2) is 9.17. The fourth-order valence-corrected chi connectivity index (χ4v) is 3.58. The van der Waals surface area contributed by atoms with Gasteiger partial charge in [-0.3, -0.25) is 9.59 Å². The smallest absolute Gasteiger partial charge is 0.254 e. The zero-order valence-electron chi connectivity index (χ0n) is 14.3. The fraction of sp³-hybridized carbons (Fsp3) is 0.556. The average Bonchev–Trinajstić information content (AvgIpc) is 3.11. The van der Waals surface area contributed by atoms with Gasteiger partial charge in [0, 0.05) is 30.3 Å². The lowest BCUT2D eigenvalue weighted by Crippen LogP contribution is -2.40. The van der Waals surface area contributed by atoms with Gasteiger partial charge in [0.15, 0.2) is 0 Å². The van der Waals surface area contributed by atoms with Crippen LogP contribution >= 0.6 is 12.4 Å². The van der Waals surface area contributed by atoms with Crippen molar-refractivity contribution in [2.75, 3.05) is 38.2 Å². The van der Waals surface area contributed by atoms with Gasteiger partial charge in [0.25, 0.3) is 5.91 Å². The van der Waals surface area contributed by atoms with Crippen LogP contribution in [0.1, 0.15) is 29.6 Å². The third kappa shape index (κ3) is 4.71. The minimum atomic E-state index is -0.0198. The van der Waals surface area contributed by atoms with E-state index in [1.165, 1.54) is 0 Å². The summed E-state index contributed by atoms with van der Waals surface area (Å²) >= 11 is 0. The lowest BCUT2D eigenvalue weighted by atomic mass is 9.95. The van der Waals surface area contributed by atoms with E-state index in [0.717, 1.165) is 19.3 Å². The number of carbonyl (C=O) groups is 2. The van der Waals surface area contributed by atoms with Crippen LogP contribution in [0.4, 0.5) is 5.69 Å². The summed E-state index contributed by atoms with van der Waals surface area (Å²) in [4.78, 5) is 26.8. The molecule has 0 radical (unpaired) electrons. The highest BCUT2D eigenvalue weighted by atomic mass is 35.5. The summed E-state index contributed by atoms with van der Waals surface area (Å²) in [6.07, 6.45) is 2.96. The summed E-state index contributed by atoms with van der Waals surface area (Å²) in [5, 5.41) is 2.96. The summed E-state index contributed by atoms with van der Waals surface area (Å²) < 4.78 is 5.28. The molecule has 7 heteroatoms. The maximum absolute atomic E-state index is 12.5. The van der Waals surface area contributed by atoms with Crippen molar-refractivity contribution in [3.63, 3.8) is 0 Å². The fourth-order valence-electron chi connectivity index (χ4n) is 3.58. The summed E-state index contributed by atoms with van der Waals surface area (Å²) in [7, 11) is 0. The van der Waals surface area contributed by atoms with Gasteiger partial charge in [0.2, 0.25) is 5.91 Å². The van der Waals surface area contributed by atoms with E-state index in [-0.39, 0.29) is 36.1 Å². The van der Waals surface area contributed by atoms with E-state index in [1.54, 1.807) is 23.1 Å². The standard InChI is InChI=1S/C18H25N3O3.ClH/c19-12-14-4-2-6-16(14)17(22)20-15-5-1-3-13(11-15)18(23)21-7-9-24-10-8-21;/h1,3,5,11,14,16H,2,4,6-10,12,19H2,(H,20,22);1H/t14-,16-;/m1./s1. The molecule has 1 saturated carbocycles. The van der Waals surface area contributed by atoms with E-state index in [0.29, 0.717) is 44.1 Å². The summed E-state index contributed by atoms with van der Waals surface area (Å²) in [6, 6.07) is 7.16. The number of ether oxygens (including phenoxy) is 1. The van der Waals surface area contributed by atoms with E-state index >= 15 is 0 Å². The first-order valence-electron chi connectivity index (χ1n) is 8.67. The van der Waals surface area contributed by atoms with Crippen molar-refractivity contribution < 1.29 is 14.3 Å². The predicted octanol–water partition coefficient (Wildman–Crippen LogP) is 1.89. The topological polar surface area (TPSA) is 84.7 Å². The van der Waals surface area contributed by atoms with Crippen molar-refractivity contribution in [2.45, 2.75) is 19.3 Å². The van der Waals surface area contributed by atoms with Crippen LogP contribution in [0.2, 0.25) is 0 Å². The minimum Gasteiger partial charge on any atom is -0.378 e. The molecule has 0 spiro atoms. The molecule has 1 heterocycles. The Labute approximate surface area is 154 Å². The number of hydrogen-bond acceptors (Lipinski definition) is 4. The Morgan fingerprint density at radius 2 is 2.00 bits per heavy atom. The molecule has 0 aromatic heterocycles. The van der Waals surface area contributed by atoms with Crippen LogP contribution in [-0.2, 0) is 9.53 Å². The molecule has 3 rings (SSSR count). The van der Waals surface area contributed by atoms with Gasteiger partial charge in [-0.15, -0.1) is 12.4 Å². The summed E-state index contributed by atoms with van der Waals surface area (Å²) in [5.74, 6) is 0.241. The number of anilines is 1. The lowest BCUT2D eigenvalue weighted by Gasteiger charge is -2.27. The zero-order valence-corrected chi connectivity index (χ0v) is 15.1. The Balaban J connectivity index is 0.00000225. The van der Waals surface area contributed by atoms with Crippen molar-refractivity contribution in [3.05, 3.63) is 29.8 Å². The molecule has 1 aromatic carbocycles. The second-order valence-corrected chi connectivity index (χ2v) is 6.51. The van der Waals surface area contributed by atoms with Crippen LogP contribution in [0.3, 0.4) is 0 Å². The van der Waals surface area contributed by atoms with Crippen LogP contribution in [0.5, 0.6) is 0 Å². The van der Waals surface area contributed by atoms with E-state index in [1.807, 2.05) is 6.07 Å². The van der Waals surface area contributed by atoms with Crippen molar-refractivity contribution >= 4 is 29.9 Å². The second-order valence-electron chi connectivity index (χ2n) is 6.51. The maximum atomic E-state index is 12.5. The van der Waals surface area contributed by atoms with Gasteiger partial charge in [-0.2, -0.15) is 0 Å². The monoisotopic (exact) mass is 367 g/mol. The number of carbonyl (C=O) groups excluding carboxylic acids is 2. The highest BCUT2D eigenvalue weighted by Crippen LogP contribution is 2.31. The predicted molar refractivity (Wildman–Crippen MR) is 98.9 cm³/mol. The Morgan fingerprint density at radius 1 is 1.24 bits per heavy atom. The van der Waals surface area contributed by atoms with E-state index in [2.05, 4.69) is 5.32 Å². The number of nitrogens with zero attached hydrogens (tertiary/aromatic N) is 1. The number of halogens is 1. The van der Waals surface area contributed by atoms with Gasteiger partial charge in [0.05, 0.1) is 13.2 Å². The molecule has 0 bridgehead atoms. The lowest BCUT2D eigenvalue weighted by molar-refractivity contribution is -0.120. The molecule has 2 aliphatic rings. The maximum Gasteiger partial charge on any atom is 0.254 e. The Hall–Kier alpha value is -1.63. The third-order valence-corrected chi connectivity index (χ3v) is 4.97. The number of amides is 2. The Kier molecular flexibility index (Phi) is 7.23.